The summed E-state index contributed by atoms with van der Waals surface area (Å²) in [6, 6.07) is 10.3. The van der Waals surface area contributed by atoms with Gasteiger partial charge in [0.25, 0.3) is 0 Å². The third-order valence-corrected chi connectivity index (χ3v) is 4.08. The zero-order valence-electron chi connectivity index (χ0n) is 12.7. The van der Waals surface area contributed by atoms with E-state index in [1.165, 1.54) is 11.9 Å². The Balaban J connectivity index is 1.49. The fraction of sp³-hybridized carbons (Fsp3) is 0.438. The molecule has 116 valence electrons. The standard InChI is InChI=1S/C16H21N5O/c1-13(21-12-17-11-18-21)16(22)19-15-7-8-20(10-15)9-14-5-3-2-4-6-14/h2-6,11-13,15H,7-10H2,1H3,(H,19,22). The van der Waals surface area contributed by atoms with Crippen molar-refractivity contribution in [2.75, 3.05) is 13.1 Å². The van der Waals surface area contributed by atoms with Crippen LogP contribution in [0.1, 0.15) is 24.9 Å². The molecule has 0 saturated carbocycles. The molecule has 0 bridgehead atoms. The molecule has 2 heterocycles. The number of nitrogens with one attached hydrogen (secondary N) is 1. The molecule has 1 aromatic heterocycles. The normalized spacial score (nSPS) is 20.0. The summed E-state index contributed by atoms with van der Waals surface area (Å²) in [6.07, 6.45) is 4.00. The number of carbonyl (C=O) groups is 1. The first-order valence-electron chi connectivity index (χ1n) is 7.63. The molecule has 1 saturated heterocycles. The Morgan fingerprint density at radius 2 is 2.23 bits per heavy atom. The van der Waals surface area contributed by atoms with E-state index in [0.29, 0.717) is 0 Å². The number of benzene rings is 1. The van der Waals surface area contributed by atoms with Crippen LogP contribution in [-0.2, 0) is 11.3 Å². The van der Waals surface area contributed by atoms with Crippen molar-refractivity contribution in [2.24, 2.45) is 0 Å². The van der Waals surface area contributed by atoms with Gasteiger partial charge in [-0.05, 0) is 18.9 Å². The van der Waals surface area contributed by atoms with Gasteiger partial charge in [-0.2, -0.15) is 5.10 Å². The summed E-state index contributed by atoms with van der Waals surface area (Å²) in [4.78, 5) is 18.5. The molecular weight excluding hydrogens is 278 g/mol. The highest BCUT2D eigenvalue weighted by molar-refractivity contribution is 5.80. The topological polar surface area (TPSA) is 63.1 Å². The van der Waals surface area contributed by atoms with Gasteiger partial charge in [0.2, 0.25) is 5.91 Å². The molecule has 3 rings (SSSR count). The maximum Gasteiger partial charge on any atom is 0.244 e. The van der Waals surface area contributed by atoms with Crippen molar-refractivity contribution in [3.8, 4) is 0 Å². The van der Waals surface area contributed by atoms with Crippen LogP contribution in [0.25, 0.3) is 0 Å². The molecule has 2 atom stereocenters. The molecule has 0 aliphatic carbocycles. The van der Waals surface area contributed by atoms with E-state index in [2.05, 4.69) is 44.6 Å². The summed E-state index contributed by atoms with van der Waals surface area (Å²) in [5.74, 6) is -0.00272. The number of carbonyl (C=O) groups excluding carboxylic acids is 1. The van der Waals surface area contributed by atoms with Crippen LogP contribution in [0.3, 0.4) is 0 Å². The van der Waals surface area contributed by atoms with Gasteiger partial charge < -0.3 is 5.32 Å². The highest BCUT2D eigenvalue weighted by Crippen LogP contribution is 2.14. The average Bonchev–Trinajstić information content (AvgIpc) is 3.19. The summed E-state index contributed by atoms with van der Waals surface area (Å²) < 4.78 is 1.58. The van der Waals surface area contributed by atoms with Crippen molar-refractivity contribution in [3.05, 3.63) is 48.5 Å². The fourth-order valence-corrected chi connectivity index (χ4v) is 2.79. The van der Waals surface area contributed by atoms with Crippen LogP contribution in [0.15, 0.2) is 43.0 Å². The van der Waals surface area contributed by atoms with Crippen molar-refractivity contribution >= 4 is 5.91 Å². The SMILES string of the molecule is CC(C(=O)NC1CCN(Cc2ccccc2)C1)n1cncn1. The van der Waals surface area contributed by atoms with E-state index < -0.39 is 0 Å². The predicted molar refractivity (Wildman–Crippen MR) is 83.0 cm³/mol. The molecule has 0 radical (unpaired) electrons. The van der Waals surface area contributed by atoms with E-state index in [-0.39, 0.29) is 18.0 Å². The summed E-state index contributed by atoms with van der Waals surface area (Å²) in [5, 5.41) is 7.13. The minimum Gasteiger partial charge on any atom is -0.350 e. The molecule has 1 aliphatic heterocycles. The molecule has 22 heavy (non-hydrogen) atoms. The van der Waals surface area contributed by atoms with Gasteiger partial charge in [-0.25, -0.2) is 9.67 Å². The van der Waals surface area contributed by atoms with Gasteiger partial charge in [0.05, 0.1) is 0 Å². The van der Waals surface area contributed by atoms with Crippen LogP contribution in [0.4, 0.5) is 0 Å². The smallest absolute Gasteiger partial charge is 0.244 e. The zero-order valence-corrected chi connectivity index (χ0v) is 12.7. The maximum atomic E-state index is 12.2. The van der Waals surface area contributed by atoms with Crippen molar-refractivity contribution in [1.29, 1.82) is 0 Å². The molecule has 1 amide bonds. The van der Waals surface area contributed by atoms with E-state index in [1.807, 2.05) is 13.0 Å². The Morgan fingerprint density at radius 3 is 2.95 bits per heavy atom. The minimum atomic E-state index is -0.328. The summed E-state index contributed by atoms with van der Waals surface area (Å²) >= 11 is 0. The number of nitrogens with zero attached hydrogens (tertiary/aromatic N) is 4. The molecule has 2 aromatic rings. The second-order valence-corrected chi connectivity index (χ2v) is 5.77. The number of likely N-dealkylation sites (tertiary alicyclic amines) is 1. The monoisotopic (exact) mass is 299 g/mol. The van der Waals surface area contributed by atoms with Crippen molar-refractivity contribution < 1.29 is 4.79 Å². The summed E-state index contributed by atoms with van der Waals surface area (Å²) in [5.41, 5.74) is 1.31. The lowest BCUT2D eigenvalue weighted by molar-refractivity contribution is -0.124. The maximum absolute atomic E-state index is 12.2. The van der Waals surface area contributed by atoms with Gasteiger partial charge in [0.1, 0.15) is 18.7 Å². The zero-order chi connectivity index (χ0) is 15.4. The number of aromatic nitrogens is 3. The fourth-order valence-electron chi connectivity index (χ4n) is 2.79. The molecule has 2 unspecified atom stereocenters. The van der Waals surface area contributed by atoms with E-state index in [9.17, 15) is 4.79 Å². The highest BCUT2D eigenvalue weighted by Gasteiger charge is 2.26. The lowest BCUT2D eigenvalue weighted by Gasteiger charge is -2.18. The first-order valence-corrected chi connectivity index (χ1v) is 7.63. The van der Waals surface area contributed by atoms with Gasteiger partial charge in [-0.3, -0.25) is 9.69 Å². The van der Waals surface area contributed by atoms with E-state index in [1.54, 1.807) is 11.0 Å². The van der Waals surface area contributed by atoms with Gasteiger partial charge in [-0.1, -0.05) is 30.3 Å². The van der Waals surface area contributed by atoms with Crippen molar-refractivity contribution in [1.82, 2.24) is 25.0 Å². The van der Waals surface area contributed by atoms with E-state index in [0.717, 1.165) is 26.1 Å². The second kappa shape index (κ2) is 6.70. The largest absolute Gasteiger partial charge is 0.350 e. The van der Waals surface area contributed by atoms with Crippen LogP contribution in [0.2, 0.25) is 0 Å². The van der Waals surface area contributed by atoms with Crippen LogP contribution < -0.4 is 5.32 Å². The quantitative estimate of drug-likeness (QED) is 0.902. The number of amides is 1. The lowest BCUT2D eigenvalue weighted by atomic mass is 10.2. The Bertz CT molecular complexity index is 598. The number of hydrogen-bond donors (Lipinski definition) is 1. The molecule has 1 aromatic carbocycles. The summed E-state index contributed by atoms with van der Waals surface area (Å²) in [6.45, 7) is 4.68. The van der Waals surface area contributed by atoms with Gasteiger partial charge >= 0.3 is 0 Å². The molecule has 6 heteroatoms. The first kappa shape index (κ1) is 14.7. The molecule has 1 aliphatic rings. The molecule has 1 N–H and O–H groups in total. The van der Waals surface area contributed by atoms with E-state index >= 15 is 0 Å². The van der Waals surface area contributed by atoms with Gasteiger partial charge in [0.15, 0.2) is 0 Å². The predicted octanol–water partition coefficient (Wildman–Crippen LogP) is 1.23. The van der Waals surface area contributed by atoms with Crippen molar-refractivity contribution in [3.63, 3.8) is 0 Å². The third-order valence-electron chi connectivity index (χ3n) is 4.08. The molecule has 0 spiro atoms. The minimum absolute atomic E-state index is 0.00272. The number of hydrogen-bond acceptors (Lipinski definition) is 4. The molecular formula is C16H21N5O. The third kappa shape index (κ3) is 3.51. The Kier molecular flexibility index (Phi) is 4.48. The Labute approximate surface area is 130 Å². The van der Waals surface area contributed by atoms with Crippen molar-refractivity contribution in [2.45, 2.75) is 32.0 Å². The molecule has 1 fully saturated rings. The lowest BCUT2D eigenvalue weighted by Crippen LogP contribution is -2.40. The van der Waals surface area contributed by atoms with Gasteiger partial charge in [0, 0.05) is 25.7 Å². The first-order chi connectivity index (χ1) is 10.7. The van der Waals surface area contributed by atoms with Crippen LogP contribution in [0.5, 0.6) is 0 Å². The number of rotatable bonds is 5. The van der Waals surface area contributed by atoms with Crippen LogP contribution in [-0.4, -0.2) is 44.7 Å². The van der Waals surface area contributed by atoms with Gasteiger partial charge in [-0.15, -0.1) is 0 Å². The Hall–Kier alpha value is -2.21. The highest BCUT2D eigenvalue weighted by atomic mass is 16.2. The average molecular weight is 299 g/mol. The summed E-state index contributed by atoms with van der Waals surface area (Å²) in [7, 11) is 0. The van der Waals surface area contributed by atoms with Crippen LogP contribution >= 0.6 is 0 Å². The molecule has 6 nitrogen and oxygen atoms in total. The Morgan fingerprint density at radius 1 is 1.41 bits per heavy atom. The van der Waals surface area contributed by atoms with E-state index in [4.69, 9.17) is 0 Å². The van der Waals surface area contributed by atoms with Crippen LogP contribution in [0, 0.1) is 0 Å². The second-order valence-electron chi connectivity index (χ2n) is 5.77.